The van der Waals surface area contributed by atoms with Gasteiger partial charge < -0.3 is 25.2 Å². The summed E-state index contributed by atoms with van der Waals surface area (Å²) in [6, 6.07) is 0. The molecule has 0 aromatic carbocycles. The first-order chi connectivity index (χ1) is 6.36. The summed E-state index contributed by atoms with van der Waals surface area (Å²) < 4.78 is 0. The van der Waals surface area contributed by atoms with Gasteiger partial charge in [0.25, 0.3) is 0 Å². The molecule has 5 heteroatoms. The van der Waals surface area contributed by atoms with Crippen LogP contribution in [0.2, 0.25) is 0 Å². The van der Waals surface area contributed by atoms with Crippen LogP contribution in [0.15, 0.2) is 0 Å². The molecule has 0 saturated heterocycles. The summed E-state index contributed by atoms with van der Waals surface area (Å²) >= 11 is 0. The van der Waals surface area contributed by atoms with Crippen molar-refractivity contribution in [3.8, 4) is 11.8 Å². The van der Waals surface area contributed by atoms with Gasteiger partial charge in [-0.05, 0) is 13.8 Å². The highest BCUT2D eigenvalue weighted by atomic mass is 16.4. The van der Waals surface area contributed by atoms with Crippen molar-refractivity contribution < 1.29 is 25.2 Å². The highest BCUT2D eigenvalue weighted by Crippen LogP contribution is 2.14. The summed E-state index contributed by atoms with van der Waals surface area (Å²) in [6.45, 7) is 2.62. The Hall–Kier alpha value is -0.930. The summed E-state index contributed by atoms with van der Waals surface area (Å²) in [5.74, 6) is 4.61. The monoisotopic (exact) mass is 202 g/mol. The number of hydrogen-bond donors (Lipinski definition) is 4. The zero-order valence-electron chi connectivity index (χ0n) is 8.01. The molecule has 0 aliphatic carbocycles. The molecule has 0 spiro atoms. The van der Waals surface area contributed by atoms with Gasteiger partial charge in [-0.25, -0.2) is 0 Å². The molecule has 0 fully saturated rings. The van der Waals surface area contributed by atoms with Crippen molar-refractivity contribution in [1.29, 1.82) is 0 Å². The van der Waals surface area contributed by atoms with Gasteiger partial charge in [-0.3, -0.25) is 0 Å². The maximum atomic E-state index is 10.1. The normalized spacial score (nSPS) is 21.0. The first-order valence-corrected chi connectivity index (χ1v) is 4.02. The van der Waals surface area contributed by atoms with E-state index in [0.29, 0.717) is 0 Å². The molecule has 0 amide bonds. The van der Waals surface area contributed by atoms with Crippen molar-refractivity contribution in [3.05, 3.63) is 0 Å². The zero-order valence-corrected chi connectivity index (χ0v) is 8.01. The van der Waals surface area contributed by atoms with Crippen molar-refractivity contribution in [1.82, 2.24) is 0 Å². The van der Waals surface area contributed by atoms with Crippen LogP contribution >= 0.6 is 0 Å². The highest BCUT2D eigenvalue weighted by Gasteiger charge is 2.37. The van der Waals surface area contributed by atoms with Crippen molar-refractivity contribution >= 4 is 6.29 Å². The molecule has 0 aromatic rings. The van der Waals surface area contributed by atoms with E-state index in [4.69, 9.17) is 5.11 Å². The Morgan fingerprint density at radius 1 is 1.36 bits per heavy atom. The smallest absolute Gasteiger partial charge is 0.151 e. The molecule has 0 bridgehead atoms. The Bertz CT molecular complexity index is 250. The summed E-state index contributed by atoms with van der Waals surface area (Å²) in [5.41, 5.74) is -1.86. The van der Waals surface area contributed by atoms with Crippen LogP contribution in [-0.2, 0) is 4.79 Å². The highest BCUT2D eigenvalue weighted by molar-refractivity contribution is 5.56. The van der Waals surface area contributed by atoms with Crippen LogP contribution < -0.4 is 0 Å². The molecular weight excluding hydrogens is 188 g/mol. The third-order valence-corrected chi connectivity index (χ3v) is 1.77. The molecule has 5 nitrogen and oxygen atoms in total. The second-order valence-corrected chi connectivity index (χ2v) is 3.08. The van der Waals surface area contributed by atoms with Crippen LogP contribution in [-0.4, -0.2) is 50.6 Å². The van der Waals surface area contributed by atoms with Gasteiger partial charge in [0.1, 0.15) is 18.3 Å². The lowest BCUT2D eigenvalue weighted by Crippen LogP contribution is -2.51. The molecule has 0 rings (SSSR count). The molecule has 0 aliphatic rings. The van der Waals surface area contributed by atoms with Gasteiger partial charge in [-0.1, -0.05) is 5.92 Å². The van der Waals surface area contributed by atoms with Gasteiger partial charge in [0.2, 0.25) is 0 Å². The Kier molecular flexibility index (Phi) is 4.74. The van der Waals surface area contributed by atoms with Gasteiger partial charge in [0.15, 0.2) is 11.9 Å². The second kappa shape index (κ2) is 5.08. The molecule has 4 atom stereocenters. The first-order valence-electron chi connectivity index (χ1n) is 4.02. The SMILES string of the molecule is CC#C[C@](C)(O)[C@H](O)[C@H](O)[C@@H](O)C=O. The van der Waals surface area contributed by atoms with Crippen molar-refractivity contribution in [2.75, 3.05) is 0 Å². The van der Waals surface area contributed by atoms with Crippen molar-refractivity contribution in [2.24, 2.45) is 0 Å². The van der Waals surface area contributed by atoms with Crippen LogP contribution in [0.1, 0.15) is 13.8 Å². The lowest BCUT2D eigenvalue weighted by molar-refractivity contribution is -0.139. The van der Waals surface area contributed by atoms with Crippen LogP contribution in [0.25, 0.3) is 0 Å². The largest absolute Gasteiger partial charge is 0.387 e. The van der Waals surface area contributed by atoms with E-state index in [9.17, 15) is 20.1 Å². The molecular formula is C9H14O5. The Morgan fingerprint density at radius 2 is 1.86 bits per heavy atom. The van der Waals surface area contributed by atoms with E-state index >= 15 is 0 Å². The number of aldehydes is 1. The standard InChI is InChI=1S/C9H14O5/c1-3-4-9(2,14)8(13)7(12)6(11)5-10/h5-8,11-14H,1-2H3/t6-,7+,8+,9-/m0/s1. The number of hydrogen-bond acceptors (Lipinski definition) is 5. The number of rotatable bonds is 4. The number of carbonyl (C=O) groups is 1. The average molecular weight is 202 g/mol. The summed E-state index contributed by atoms with van der Waals surface area (Å²) in [6.07, 6.45) is -5.14. The van der Waals surface area contributed by atoms with E-state index in [1.54, 1.807) is 0 Å². The predicted molar refractivity (Wildman–Crippen MR) is 48.2 cm³/mol. The van der Waals surface area contributed by atoms with Crippen LogP contribution in [0.3, 0.4) is 0 Å². The molecule has 0 radical (unpaired) electrons. The summed E-state index contributed by atoms with van der Waals surface area (Å²) in [7, 11) is 0. The van der Waals surface area contributed by atoms with Crippen LogP contribution in [0.4, 0.5) is 0 Å². The minimum absolute atomic E-state index is 0.0728. The fourth-order valence-electron chi connectivity index (χ4n) is 0.927. The molecule has 0 unspecified atom stereocenters. The third kappa shape index (κ3) is 3.09. The molecule has 0 saturated carbocycles. The van der Waals surface area contributed by atoms with Gasteiger partial charge in [0.05, 0.1) is 0 Å². The van der Waals surface area contributed by atoms with Crippen LogP contribution in [0, 0.1) is 11.8 Å². The topological polar surface area (TPSA) is 98.0 Å². The van der Waals surface area contributed by atoms with Gasteiger partial charge >= 0.3 is 0 Å². The van der Waals surface area contributed by atoms with E-state index in [1.807, 2.05) is 0 Å². The molecule has 80 valence electrons. The molecule has 14 heavy (non-hydrogen) atoms. The molecule has 0 heterocycles. The van der Waals surface area contributed by atoms with Gasteiger partial charge in [-0.15, -0.1) is 5.92 Å². The number of aliphatic hydroxyl groups is 4. The Labute approximate surface area is 82.0 Å². The van der Waals surface area contributed by atoms with Crippen molar-refractivity contribution in [2.45, 2.75) is 37.8 Å². The fourth-order valence-corrected chi connectivity index (χ4v) is 0.927. The third-order valence-electron chi connectivity index (χ3n) is 1.77. The average Bonchev–Trinajstić information content (AvgIpc) is 2.14. The maximum Gasteiger partial charge on any atom is 0.151 e. The number of aliphatic hydroxyl groups excluding tert-OH is 3. The van der Waals surface area contributed by atoms with E-state index in [2.05, 4.69) is 11.8 Å². The Morgan fingerprint density at radius 3 is 2.21 bits per heavy atom. The Balaban J connectivity index is 4.65. The minimum Gasteiger partial charge on any atom is -0.387 e. The van der Waals surface area contributed by atoms with E-state index < -0.39 is 23.9 Å². The summed E-state index contributed by atoms with van der Waals surface area (Å²) in [5, 5.41) is 36.9. The lowest BCUT2D eigenvalue weighted by Gasteiger charge is -2.28. The zero-order chi connectivity index (χ0) is 11.4. The minimum atomic E-state index is -1.86. The lowest BCUT2D eigenvalue weighted by atomic mass is 9.93. The van der Waals surface area contributed by atoms with Gasteiger partial charge in [-0.2, -0.15) is 0 Å². The maximum absolute atomic E-state index is 10.1. The summed E-state index contributed by atoms with van der Waals surface area (Å²) in [4.78, 5) is 10.1. The van der Waals surface area contributed by atoms with Crippen LogP contribution in [0.5, 0.6) is 0 Å². The first kappa shape index (κ1) is 13.1. The van der Waals surface area contributed by atoms with Gasteiger partial charge in [0, 0.05) is 0 Å². The second-order valence-electron chi connectivity index (χ2n) is 3.08. The van der Waals surface area contributed by atoms with E-state index in [0.717, 1.165) is 0 Å². The quantitative estimate of drug-likeness (QED) is 0.313. The number of carbonyl (C=O) groups excluding carboxylic acids is 1. The molecule has 4 N–H and O–H groups in total. The molecule has 0 aromatic heterocycles. The fraction of sp³-hybridized carbons (Fsp3) is 0.667. The van der Waals surface area contributed by atoms with E-state index in [1.165, 1.54) is 13.8 Å². The molecule has 0 aliphatic heterocycles. The van der Waals surface area contributed by atoms with E-state index in [-0.39, 0.29) is 6.29 Å². The predicted octanol–water partition coefficient (Wildman–Crippen LogP) is -1.96. The van der Waals surface area contributed by atoms with Crippen molar-refractivity contribution in [3.63, 3.8) is 0 Å².